The third-order valence-electron chi connectivity index (χ3n) is 4.73. The standard InChI is InChI=1S/C16H16OS.C8H14O2/c17-15-9-4-7-12(15)6-3-8-14-11-13-5-1-2-10-16(13)18-14;1-3-4-5-6-7-8(9)10-2/h1-3,5-6,10-12H,4,7-9H2;3-4H,5-7H2,1-2H3/b6-3+;4-3-. The first-order valence-corrected chi connectivity index (χ1v) is 10.8. The van der Waals surface area contributed by atoms with Gasteiger partial charge in [-0.25, -0.2) is 0 Å². The normalized spacial score (nSPS) is 16.6. The molecule has 0 N–H and O–H groups in total. The van der Waals surface area contributed by atoms with Crippen LogP contribution in [0.4, 0.5) is 0 Å². The van der Waals surface area contributed by atoms with E-state index in [2.05, 4.69) is 47.2 Å². The topological polar surface area (TPSA) is 43.4 Å². The van der Waals surface area contributed by atoms with Gasteiger partial charge in [0.25, 0.3) is 0 Å². The molecular weight excluding hydrogens is 368 g/mol. The maximum atomic E-state index is 11.5. The van der Waals surface area contributed by atoms with Crippen LogP contribution in [-0.2, 0) is 20.7 Å². The number of fused-ring (bicyclic) bond motifs is 1. The zero-order chi connectivity index (χ0) is 20.2. The first-order chi connectivity index (χ1) is 13.6. The van der Waals surface area contributed by atoms with E-state index >= 15 is 0 Å². The molecule has 3 nitrogen and oxygen atoms in total. The quantitative estimate of drug-likeness (QED) is 0.313. The monoisotopic (exact) mass is 398 g/mol. The largest absolute Gasteiger partial charge is 0.469 e. The Balaban J connectivity index is 0.000000242. The summed E-state index contributed by atoms with van der Waals surface area (Å²) in [4.78, 5) is 23.4. The summed E-state index contributed by atoms with van der Waals surface area (Å²) < 4.78 is 5.81. The van der Waals surface area contributed by atoms with Crippen LogP contribution >= 0.6 is 11.3 Å². The first-order valence-electron chi connectivity index (χ1n) is 9.99. The smallest absolute Gasteiger partial charge is 0.305 e. The summed E-state index contributed by atoms with van der Waals surface area (Å²) in [5.74, 6) is 0.492. The predicted octanol–water partition coefficient (Wildman–Crippen LogP) is 6.28. The van der Waals surface area contributed by atoms with Crippen LogP contribution in [0.15, 0.2) is 54.6 Å². The number of carbonyl (C=O) groups excluding carboxylic acids is 2. The number of allylic oxidation sites excluding steroid dienone is 4. The minimum Gasteiger partial charge on any atom is -0.469 e. The molecule has 1 fully saturated rings. The van der Waals surface area contributed by atoms with Gasteiger partial charge in [0.15, 0.2) is 0 Å². The molecule has 0 bridgehead atoms. The molecule has 0 saturated heterocycles. The van der Waals surface area contributed by atoms with Gasteiger partial charge in [0.05, 0.1) is 7.11 Å². The second-order valence-electron chi connectivity index (χ2n) is 6.89. The Labute approximate surface area is 172 Å². The summed E-state index contributed by atoms with van der Waals surface area (Å²) >= 11 is 1.84. The Hall–Kier alpha value is -2.20. The van der Waals surface area contributed by atoms with E-state index < -0.39 is 0 Å². The fourth-order valence-electron chi connectivity index (χ4n) is 3.17. The highest BCUT2D eigenvalue weighted by Crippen LogP contribution is 2.26. The van der Waals surface area contributed by atoms with E-state index in [0.717, 1.165) is 38.5 Å². The van der Waals surface area contributed by atoms with Crippen LogP contribution in [0.5, 0.6) is 0 Å². The number of hydrogen-bond acceptors (Lipinski definition) is 4. The van der Waals surface area contributed by atoms with E-state index in [0.29, 0.717) is 12.2 Å². The number of ketones is 1. The number of benzene rings is 1. The number of ether oxygens (including phenoxy) is 1. The van der Waals surface area contributed by atoms with Gasteiger partial charge in [0, 0.05) is 28.3 Å². The fourth-order valence-corrected chi connectivity index (χ4v) is 4.20. The van der Waals surface area contributed by atoms with Crippen LogP contribution in [0.25, 0.3) is 10.1 Å². The SMILES string of the molecule is C/C=C\CCCC(=O)OC.O=C1CCCC1/C=C/Cc1cc2ccccc2s1. The molecule has 1 atom stereocenters. The zero-order valence-electron chi connectivity index (χ0n) is 16.9. The number of methoxy groups -OCH3 is 1. The molecular formula is C24H30O3S. The van der Waals surface area contributed by atoms with Gasteiger partial charge in [0.2, 0.25) is 0 Å². The lowest BCUT2D eigenvalue weighted by Crippen LogP contribution is -2.01. The Morgan fingerprint density at radius 2 is 2.11 bits per heavy atom. The lowest BCUT2D eigenvalue weighted by atomic mass is 10.1. The zero-order valence-corrected chi connectivity index (χ0v) is 17.7. The average Bonchev–Trinajstić information content (AvgIpc) is 3.31. The molecule has 1 aromatic heterocycles. The van der Waals surface area contributed by atoms with E-state index in [1.54, 1.807) is 0 Å². The number of hydrogen-bond donors (Lipinski definition) is 0. The Morgan fingerprint density at radius 1 is 1.29 bits per heavy atom. The molecule has 1 unspecified atom stereocenters. The van der Waals surface area contributed by atoms with Crippen molar-refractivity contribution in [2.24, 2.45) is 5.92 Å². The van der Waals surface area contributed by atoms with Crippen molar-refractivity contribution in [3.8, 4) is 0 Å². The van der Waals surface area contributed by atoms with Crippen molar-refractivity contribution < 1.29 is 14.3 Å². The third-order valence-corrected chi connectivity index (χ3v) is 5.87. The number of thiophene rings is 1. The Morgan fingerprint density at radius 3 is 2.79 bits per heavy atom. The molecule has 1 aliphatic rings. The molecule has 1 saturated carbocycles. The molecule has 28 heavy (non-hydrogen) atoms. The summed E-state index contributed by atoms with van der Waals surface area (Å²) in [6.07, 6.45) is 14.5. The van der Waals surface area contributed by atoms with Crippen LogP contribution in [0.2, 0.25) is 0 Å². The van der Waals surface area contributed by atoms with Crippen molar-refractivity contribution in [2.45, 2.75) is 51.9 Å². The van der Waals surface area contributed by atoms with Crippen LogP contribution in [0, 0.1) is 5.92 Å². The minimum absolute atomic E-state index is 0.121. The Bertz CT molecular complexity index is 783. The van der Waals surface area contributed by atoms with Gasteiger partial charge in [-0.1, -0.05) is 42.5 Å². The lowest BCUT2D eigenvalue weighted by Gasteiger charge is -1.98. The predicted molar refractivity (Wildman–Crippen MR) is 118 cm³/mol. The van der Waals surface area contributed by atoms with Crippen molar-refractivity contribution in [2.75, 3.05) is 7.11 Å². The molecule has 0 spiro atoms. The highest BCUT2D eigenvalue weighted by molar-refractivity contribution is 7.19. The van der Waals surface area contributed by atoms with Crippen molar-refractivity contribution >= 4 is 33.2 Å². The number of Topliss-reactive ketones (excluding diaryl/α,β-unsaturated/α-hetero) is 1. The van der Waals surface area contributed by atoms with E-state index in [-0.39, 0.29) is 11.9 Å². The Kier molecular flexibility index (Phi) is 9.70. The lowest BCUT2D eigenvalue weighted by molar-refractivity contribution is -0.140. The van der Waals surface area contributed by atoms with E-state index in [1.807, 2.05) is 30.4 Å². The molecule has 3 rings (SSSR count). The van der Waals surface area contributed by atoms with Gasteiger partial charge in [-0.3, -0.25) is 9.59 Å². The van der Waals surface area contributed by atoms with Gasteiger partial charge >= 0.3 is 5.97 Å². The first kappa shape index (κ1) is 22.1. The molecule has 0 amide bonds. The molecule has 2 aromatic rings. The van der Waals surface area contributed by atoms with E-state index in [4.69, 9.17) is 0 Å². The van der Waals surface area contributed by atoms with Crippen molar-refractivity contribution in [3.63, 3.8) is 0 Å². The van der Waals surface area contributed by atoms with Gasteiger partial charge < -0.3 is 4.74 Å². The summed E-state index contributed by atoms with van der Waals surface area (Å²) in [5.41, 5.74) is 0. The van der Waals surface area contributed by atoms with Gasteiger partial charge in [-0.15, -0.1) is 11.3 Å². The third kappa shape index (κ3) is 7.43. The number of unbranched alkanes of at least 4 members (excludes halogenated alkanes) is 1. The van der Waals surface area contributed by atoms with Crippen LogP contribution in [0.3, 0.4) is 0 Å². The summed E-state index contributed by atoms with van der Waals surface area (Å²) in [6.45, 7) is 1.97. The van der Waals surface area contributed by atoms with Crippen molar-refractivity contribution in [1.29, 1.82) is 0 Å². The average molecular weight is 399 g/mol. The van der Waals surface area contributed by atoms with Crippen molar-refractivity contribution in [3.05, 3.63) is 59.5 Å². The van der Waals surface area contributed by atoms with Crippen molar-refractivity contribution in [1.82, 2.24) is 0 Å². The summed E-state index contributed by atoms with van der Waals surface area (Å²) in [7, 11) is 1.41. The molecule has 1 aromatic carbocycles. The second-order valence-corrected chi connectivity index (χ2v) is 8.05. The summed E-state index contributed by atoms with van der Waals surface area (Å²) in [6, 6.07) is 10.7. The van der Waals surface area contributed by atoms with Crippen LogP contribution < -0.4 is 0 Å². The highest BCUT2D eigenvalue weighted by atomic mass is 32.1. The van der Waals surface area contributed by atoms with Crippen LogP contribution in [-0.4, -0.2) is 18.9 Å². The molecule has 0 radical (unpaired) electrons. The fraction of sp³-hybridized carbons (Fsp3) is 0.417. The van der Waals surface area contributed by atoms with Gasteiger partial charge in [-0.05, 0) is 56.5 Å². The van der Waals surface area contributed by atoms with E-state index in [9.17, 15) is 9.59 Å². The molecule has 0 aliphatic heterocycles. The maximum absolute atomic E-state index is 11.5. The summed E-state index contributed by atoms with van der Waals surface area (Å²) in [5, 5.41) is 1.32. The molecule has 1 aliphatic carbocycles. The maximum Gasteiger partial charge on any atom is 0.305 e. The molecule has 1 heterocycles. The number of esters is 1. The number of rotatable bonds is 7. The molecule has 150 valence electrons. The number of carbonyl (C=O) groups is 2. The van der Waals surface area contributed by atoms with Crippen LogP contribution in [0.1, 0.15) is 50.3 Å². The van der Waals surface area contributed by atoms with E-state index in [1.165, 1.54) is 22.1 Å². The van der Waals surface area contributed by atoms with Gasteiger partial charge in [-0.2, -0.15) is 0 Å². The molecule has 4 heteroatoms. The highest BCUT2D eigenvalue weighted by Gasteiger charge is 2.21. The minimum atomic E-state index is -0.121. The van der Waals surface area contributed by atoms with Gasteiger partial charge in [0.1, 0.15) is 5.78 Å². The second kappa shape index (κ2) is 12.3.